The summed E-state index contributed by atoms with van der Waals surface area (Å²) in [7, 11) is 0. The van der Waals surface area contributed by atoms with E-state index in [4.69, 9.17) is 0 Å². The summed E-state index contributed by atoms with van der Waals surface area (Å²) < 4.78 is 0. The van der Waals surface area contributed by atoms with Crippen LogP contribution in [0.3, 0.4) is 0 Å². The normalized spacial score (nSPS) is 11.5. The zero-order valence-corrected chi connectivity index (χ0v) is 15.1. The smallest absolute Gasteiger partial charge is 0.0215 e. The zero-order valence-electron chi connectivity index (χ0n) is 15.1. The SMILES string of the molecule is Cc1ccc(CC(C)(c2cccc(C)c2)c2cccc(C)c2)cc1. The van der Waals surface area contributed by atoms with Crippen LogP contribution in [0.4, 0.5) is 0 Å². The van der Waals surface area contributed by atoms with Crippen LogP contribution in [0.5, 0.6) is 0 Å². The van der Waals surface area contributed by atoms with Crippen molar-refractivity contribution in [3.63, 3.8) is 0 Å². The zero-order chi connectivity index (χ0) is 17.2. The van der Waals surface area contributed by atoms with Crippen LogP contribution in [0.15, 0.2) is 72.8 Å². The van der Waals surface area contributed by atoms with Crippen molar-refractivity contribution < 1.29 is 0 Å². The second-order valence-electron chi connectivity index (χ2n) is 7.23. The summed E-state index contributed by atoms with van der Waals surface area (Å²) in [6.07, 6.45) is 1.00. The molecule has 0 bridgehead atoms. The van der Waals surface area contributed by atoms with Gasteiger partial charge in [0.25, 0.3) is 0 Å². The van der Waals surface area contributed by atoms with E-state index in [1.54, 1.807) is 0 Å². The summed E-state index contributed by atoms with van der Waals surface area (Å²) in [4.78, 5) is 0. The third-order valence-corrected chi connectivity index (χ3v) is 4.99. The van der Waals surface area contributed by atoms with Crippen molar-refractivity contribution in [3.05, 3.63) is 106 Å². The highest BCUT2D eigenvalue weighted by Crippen LogP contribution is 2.36. The lowest BCUT2D eigenvalue weighted by atomic mass is 9.71. The first-order valence-electron chi connectivity index (χ1n) is 8.67. The van der Waals surface area contributed by atoms with E-state index in [0.717, 1.165) is 6.42 Å². The molecule has 122 valence electrons. The van der Waals surface area contributed by atoms with Gasteiger partial charge in [-0.1, -0.05) is 96.4 Å². The Morgan fingerprint density at radius 1 is 0.625 bits per heavy atom. The summed E-state index contributed by atoms with van der Waals surface area (Å²) in [6, 6.07) is 26.8. The lowest BCUT2D eigenvalue weighted by molar-refractivity contribution is 0.566. The Balaban J connectivity index is 2.11. The molecule has 0 saturated heterocycles. The Morgan fingerprint density at radius 2 is 1.12 bits per heavy atom. The molecular formula is C24H26. The number of rotatable bonds is 4. The molecule has 0 aliphatic rings. The Labute approximate surface area is 146 Å². The van der Waals surface area contributed by atoms with E-state index < -0.39 is 0 Å². The van der Waals surface area contributed by atoms with Gasteiger partial charge in [0.1, 0.15) is 0 Å². The maximum absolute atomic E-state index is 2.37. The van der Waals surface area contributed by atoms with E-state index in [-0.39, 0.29) is 5.41 Å². The fraction of sp³-hybridized carbons (Fsp3) is 0.250. The fourth-order valence-corrected chi connectivity index (χ4v) is 3.46. The maximum atomic E-state index is 2.37. The molecule has 0 saturated carbocycles. The Bertz CT molecular complexity index is 779. The molecule has 3 aromatic rings. The van der Waals surface area contributed by atoms with E-state index in [1.807, 2.05) is 0 Å². The van der Waals surface area contributed by atoms with E-state index in [9.17, 15) is 0 Å². The monoisotopic (exact) mass is 314 g/mol. The minimum atomic E-state index is -0.0344. The topological polar surface area (TPSA) is 0 Å². The van der Waals surface area contributed by atoms with Gasteiger partial charge < -0.3 is 0 Å². The fourth-order valence-electron chi connectivity index (χ4n) is 3.46. The van der Waals surface area contributed by atoms with Crippen molar-refractivity contribution in [2.45, 2.75) is 39.5 Å². The average Bonchev–Trinajstić information content (AvgIpc) is 2.57. The molecule has 0 amide bonds. The van der Waals surface area contributed by atoms with Gasteiger partial charge in [-0.3, -0.25) is 0 Å². The third-order valence-electron chi connectivity index (χ3n) is 4.99. The summed E-state index contributed by atoms with van der Waals surface area (Å²) in [5.74, 6) is 0. The highest BCUT2D eigenvalue weighted by atomic mass is 14.3. The summed E-state index contributed by atoms with van der Waals surface area (Å²) >= 11 is 0. The first-order chi connectivity index (χ1) is 11.5. The highest BCUT2D eigenvalue weighted by Gasteiger charge is 2.29. The van der Waals surface area contributed by atoms with Crippen LogP contribution >= 0.6 is 0 Å². The molecule has 0 heteroatoms. The van der Waals surface area contributed by atoms with Crippen LogP contribution in [0.2, 0.25) is 0 Å². The van der Waals surface area contributed by atoms with Gasteiger partial charge in [-0.05, 0) is 43.9 Å². The number of aryl methyl sites for hydroxylation is 3. The summed E-state index contributed by atoms with van der Waals surface area (Å²) in [5.41, 5.74) is 8.05. The molecule has 0 aliphatic heterocycles. The first-order valence-corrected chi connectivity index (χ1v) is 8.67. The van der Waals surface area contributed by atoms with Crippen molar-refractivity contribution in [2.24, 2.45) is 0 Å². The molecule has 0 nitrogen and oxygen atoms in total. The van der Waals surface area contributed by atoms with E-state index in [1.165, 1.54) is 33.4 Å². The molecule has 0 heterocycles. The van der Waals surface area contributed by atoms with Crippen LogP contribution in [0.1, 0.15) is 40.3 Å². The van der Waals surface area contributed by atoms with E-state index in [2.05, 4.69) is 100 Å². The van der Waals surface area contributed by atoms with Gasteiger partial charge in [0.2, 0.25) is 0 Å². The molecule has 24 heavy (non-hydrogen) atoms. The predicted molar refractivity (Wildman–Crippen MR) is 104 cm³/mol. The standard InChI is InChI=1S/C24H26/c1-18-11-13-21(14-12-18)17-24(4,22-9-5-7-19(2)15-22)23-10-6-8-20(3)16-23/h5-16H,17H2,1-4H3. The molecule has 0 N–H and O–H groups in total. The van der Waals surface area contributed by atoms with Crippen molar-refractivity contribution in [1.29, 1.82) is 0 Å². The summed E-state index contributed by atoms with van der Waals surface area (Å²) in [5, 5.41) is 0. The summed E-state index contributed by atoms with van der Waals surface area (Å²) in [6.45, 7) is 8.86. The van der Waals surface area contributed by atoms with E-state index in [0.29, 0.717) is 0 Å². The largest absolute Gasteiger partial charge is 0.0617 e. The number of hydrogen-bond acceptors (Lipinski definition) is 0. The first kappa shape index (κ1) is 16.5. The van der Waals surface area contributed by atoms with Crippen LogP contribution in [0.25, 0.3) is 0 Å². The van der Waals surface area contributed by atoms with Gasteiger partial charge in [-0.15, -0.1) is 0 Å². The van der Waals surface area contributed by atoms with Crippen molar-refractivity contribution >= 4 is 0 Å². The molecule has 0 atom stereocenters. The highest BCUT2D eigenvalue weighted by molar-refractivity contribution is 5.43. The maximum Gasteiger partial charge on any atom is 0.0215 e. The predicted octanol–water partition coefficient (Wildman–Crippen LogP) is 6.16. The second kappa shape index (κ2) is 6.65. The van der Waals surface area contributed by atoms with Crippen LogP contribution < -0.4 is 0 Å². The van der Waals surface area contributed by atoms with Gasteiger partial charge >= 0.3 is 0 Å². The molecule has 0 unspecified atom stereocenters. The Morgan fingerprint density at radius 3 is 1.58 bits per heavy atom. The Hall–Kier alpha value is -2.34. The van der Waals surface area contributed by atoms with Crippen molar-refractivity contribution in [1.82, 2.24) is 0 Å². The van der Waals surface area contributed by atoms with E-state index >= 15 is 0 Å². The number of hydrogen-bond donors (Lipinski definition) is 0. The quantitative estimate of drug-likeness (QED) is 0.541. The molecule has 3 rings (SSSR count). The number of benzene rings is 3. The minimum Gasteiger partial charge on any atom is -0.0617 e. The van der Waals surface area contributed by atoms with Crippen molar-refractivity contribution in [3.8, 4) is 0 Å². The van der Waals surface area contributed by atoms with Gasteiger partial charge in [0.15, 0.2) is 0 Å². The van der Waals surface area contributed by atoms with Gasteiger partial charge in [0, 0.05) is 5.41 Å². The Kier molecular flexibility index (Phi) is 4.57. The van der Waals surface area contributed by atoms with Gasteiger partial charge in [0.05, 0.1) is 0 Å². The lowest BCUT2D eigenvalue weighted by Crippen LogP contribution is -2.27. The third kappa shape index (κ3) is 3.43. The molecule has 0 aliphatic carbocycles. The lowest BCUT2D eigenvalue weighted by Gasteiger charge is -2.32. The molecule has 0 aromatic heterocycles. The van der Waals surface area contributed by atoms with Crippen LogP contribution in [0, 0.1) is 20.8 Å². The molecule has 0 spiro atoms. The van der Waals surface area contributed by atoms with Gasteiger partial charge in [-0.25, -0.2) is 0 Å². The second-order valence-corrected chi connectivity index (χ2v) is 7.23. The van der Waals surface area contributed by atoms with Crippen molar-refractivity contribution in [2.75, 3.05) is 0 Å². The van der Waals surface area contributed by atoms with Gasteiger partial charge in [-0.2, -0.15) is 0 Å². The molecule has 0 radical (unpaired) electrons. The molecular weight excluding hydrogens is 288 g/mol. The van der Waals surface area contributed by atoms with Crippen LogP contribution in [-0.2, 0) is 11.8 Å². The molecule has 0 fully saturated rings. The van der Waals surface area contributed by atoms with Crippen LogP contribution in [-0.4, -0.2) is 0 Å². The average molecular weight is 314 g/mol. The molecule has 3 aromatic carbocycles. The minimum absolute atomic E-state index is 0.0344.